The van der Waals surface area contributed by atoms with Gasteiger partial charge in [-0.3, -0.25) is 4.79 Å². The molecule has 1 N–H and O–H groups in total. The summed E-state index contributed by atoms with van der Waals surface area (Å²) in [4.78, 5) is 10.5. The lowest BCUT2D eigenvalue weighted by Gasteiger charge is -1.91. The summed E-state index contributed by atoms with van der Waals surface area (Å²) in [6.07, 6.45) is 5.96. The molecule has 70 valence electrons. The second kappa shape index (κ2) is 5.67. The summed E-state index contributed by atoms with van der Waals surface area (Å²) in [6, 6.07) is 0. The summed E-state index contributed by atoms with van der Waals surface area (Å²) in [5.74, 6) is 0. The van der Waals surface area contributed by atoms with Gasteiger partial charge in [0.15, 0.2) is 6.29 Å². The van der Waals surface area contributed by atoms with Crippen LogP contribution >= 0.6 is 11.3 Å². The first-order valence-corrected chi connectivity index (χ1v) is 5.15. The minimum Gasteiger partial charge on any atom is -0.319 e. The zero-order chi connectivity index (χ0) is 9.52. The SMILES string of the molecule is CNCCC=Cc1cscc1C=O. The van der Waals surface area contributed by atoms with Gasteiger partial charge in [0.05, 0.1) is 0 Å². The molecule has 1 aromatic heterocycles. The second-order valence-electron chi connectivity index (χ2n) is 2.69. The molecule has 0 unspecified atom stereocenters. The van der Waals surface area contributed by atoms with Gasteiger partial charge in [0, 0.05) is 10.9 Å². The van der Waals surface area contributed by atoms with Crippen LogP contribution in [0.5, 0.6) is 0 Å². The van der Waals surface area contributed by atoms with Crippen molar-refractivity contribution < 1.29 is 4.79 Å². The van der Waals surface area contributed by atoms with Gasteiger partial charge in [0.2, 0.25) is 0 Å². The Morgan fingerprint density at radius 1 is 1.46 bits per heavy atom. The highest BCUT2D eigenvalue weighted by molar-refractivity contribution is 7.08. The van der Waals surface area contributed by atoms with Gasteiger partial charge in [-0.2, -0.15) is 11.3 Å². The number of rotatable bonds is 5. The molecular formula is C10H13NOS. The Hall–Kier alpha value is -0.930. The van der Waals surface area contributed by atoms with Crippen LogP contribution < -0.4 is 5.32 Å². The summed E-state index contributed by atoms with van der Waals surface area (Å²) >= 11 is 1.56. The van der Waals surface area contributed by atoms with E-state index in [1.807, 2.05) is 23.9 Å². The lowest BCUT2D eigenvalue weighted by Crippen LogP contribution is -2.05. The summed E-state index contributed by atoms with van der Waals surface area (Å²) in [6.45, 7) is 0.969. The Bertz CT molecular complexity index is 291. The summed E-state index contributed by atoms with van der Waals surface area (Å²) < 4.78 is 0. The van der Waals surface area contributed by atoms with Crippen LogP contribution in [0.1, 0.15) is 22.3 Å². The van der Waals surface area contributed by atoms with Crippen LogP contribution in [0.15, 0.2) is 16.8 Å². The number of hydrogen-bond donors (Lipinski definition) is 1. The van der Waals surface area contributed by atoms with E-state index in [-0.39, 0.29) is 0 Å². The third kappa shape index (κ3) is 3.13. The molecule has 0 aliphatic carbocycles. The van der Waals surface area contributed by atoms with Gasteiger partial charge in [-0.05, 0) is 31.0 Å². The van der Waals surface area contributed by atoms with Crippen LogP contribution in [0.4, 0.5) is 0 Å². The summed E-state index contributed by atoms with van der Waals surface area (Å²) in [5.41, 5.74) is 1.81. The highest BCUT2D eigenvalue weighted by Crippen LogP contribution is 2.14. The third-order valence-corrected chi connectivity index (χ3v) is 2.49. The molecule has 0 aromatic carbocycles. The summed E-state index contributed by atoms with van der Waals surface area (Å²) in [5, 5.41) is 6.91. The molecule has 0 bridgehead atoms. The number of carbonyl (C=O) groups excluding carboxylic acids is 1. The molecule has 0 spiro atoms. The Labute approximate surface area is 82.3 Å². The van der Waals surface area contributed by atoms with Crippen LogP contribution in [0, 0.1) is 0 Å². The molecule has 0 radical (unpaired) electrons. The van der Waals surface area contributed by atoms with Crippen molar-refractivity contribution in [2.75, 3.05) is 13.6 Å². The quantitative estimate of drug-likeness (QED) is 0.576. The monoisotopic (exact) mass is 195 g/mol. The van der Waals surface area contributed by atoms with Crippen molar-refractivity contribution in [3.05, 3.63) is 28.0 Å². The predicted octanol–water partition coefficient (Wildman–Crippen LogP) is 2.18. The zero-order valence-electron chi connectivity index (χ0n) is 7.62. The smallest absolute Gasteiger partial charge is 0.151 e. The van der Waals surface area contributed by atoms with Crippen LogP contribution in [-0.4, -0.2) is 19.9 Å². The van der Waals surface area contributed by atoms with Crippen molar-refractivity contribution in [2.45, 2.75) is 6.42 Å². The van der Waals surface area contributed by atoms with Gasteiger partial charge >= 0.3 is 0 Å². The average molecular weight is 195 g/mol. The maximum absolute atomic E-state index is 10.5. The molecule has 1 aromatic rings. The molecule has 0 fully saturated rings. The number of aldehydes is 1. The van der Waals surface area contributed by atoms with Crippen molar-refractivity contribution in [2.24, 2.45) is 0 Å². The fraction of sp³-hybridized carbons (Fsp3) is 0.300. The maximum atomic E-state index is 10.5. The third-order valence-electron chi connectivity index (χ3n) is 1.71. The van der Waals surface area contributed by atoms with Crippen molar-refractivity contribution in [3.63, 3.8) is 0 Å². The van der Waals surface area contributed by atoms with Crippen LogP contribution in [0.2, 0.25) is 0 Å². The molecule has 0 aliphatic rings. The number of hydrogen-bond acceptors (Lipinski definition) is 3. The lowest BCUT2D eigenvalue weighted by molar-refractivity contribution is 0.112. The van der Waals surface area contributed by atoms with E-state index in [1.165, 1.54) is 0 Å². The maximum Gasteiger partial charge on any atom is 0.151 e. The van der Waals surface area contributed by atoms with E-state index in [4.69, 9.17) is 0 Å². The van der Waals surface area contributed by atoms with E-state index in [9.17, 15) is 4.79 Å². The first-order valence-electron chi connectivity index (χ1n) is 4.21. The van der Waals surface area contributed by atoms with E-state index in [0.717, 1.165) is 30.4 Å². The largest absolute Gasteiger partial charge is 0.319 e. The molecule has 13 heavy (non-hydrogen) atoms. The normalized spacial score (nSPS) is 10.8. The molecular weight excluding hydrogens is 182 g/mol. The van der Waals surface area contributed by atoms with Gasteiger partial charge < -0.3 is 5.32 Å². The minimum absolute atomic E-state index is 0.783. The molecule has 1 heterocycles. The Morgan fingerprint density at radius 3 is 2.92 bits per heavy atom. The van der Waals surface area contributed by atoms with Crippen molar-refractivity contribution >= 4 is 23.7 Å². The number of nitrogens with one attached hydrogen (secondary N) is 1. The van der Waals surface area contributed by atoms with E-state index in [1.54, 1.807) is 11.3 Å². The zero-order valence-corrected chi connectivity index (χ0v) is 8.43. The number of thiophene rings is 1. The van der Waals surface area contributed by atoms with Crippen LogP contribution in [-0.2, 0) is 0 Å². The average Bonchev–Trinajstić information content (AvgIpc) is 2.60. The van der Waals surface area contributed by atoms with E-state index < -0.39 is 0 Å². The van der Waals surface area contributed by atoms with Gasteiger partial charge in [-0.1, -0.05) is 12.2 Å². The molecule has 0 saturated carbocycles. The highest BCUT2D eigenvalue weighted by Gasteiger charge is 1.96. The Kier molecular flexibility index (Phi) is 4.43. The predicted molar refractivity (Wildman–Crippen MR) is 57.3 cm³/mol. The first kappa shape index (κ1) is 10.2. The van der Waals surface area contributed by atoms with Crippen molar-refractivity contribution in [1.82, 2.24) is 5.32 Å². The number of carbonyl (C=O) groups is 1. The van der Waals surface area contributed by atoms with Gasteiger partial charge in [-0.15, -0.1) is 0 Å². The van der Waals surface area contributed by atoms with Crippen molar-refractivity contribution in [1.29, 1.82) is 0 Å². The Morgan fingerprint density at radius 2 is 2.23 bits per heavy atom. The van der Waals surface area contributed by atoms with Gasteiger partial charge in [-0.25, -0.2) is 0 Å². The van der Waals surface area contributed by atoms with E-state index in [2.05, 4.69) is 11.4 Å². The summed E-state index contributed by atoms with van der Waals surface area (Å²) in [7, 11) is 1.93. The standard InChI is InChI=1S/C10H13NOS/c1-11-5-3-2-4-9-7-13-8-10(9)6-12/h2,4,6-8,11H,3,5H2,1H3. The highest BCUT2D eigenvalue weighted by atomic mass is 32.1. The van der Waals surface area contributed by atoms with Crippen molar-refractivity contribution in [3.8, 4) is 0 Å². The lowest BCUT2D eigenvalue weighted by atomic mass is 10.2. The minimum atomic E-state index is 0.783. The molecule has 0 atom stereocenters. The fourth-order valence-electron chi connectivity index (χ4n) is 0.986. The van der Waals surface area contributed by atoms with Crippen LogP contribution in [0.3, 0.4) is 0 Å². The van der Waals surface area contributed by atoms with Crippen LogP contribution in [0.25, 0.3) is 6.08 Å². The molecule has 0 saturated heterocycles. The topological polar surface area (TPSA) is 29.1 Å². The van der Waals surface area contributed by atoms with E-state index in [0.29, 0.717) is 0 Å². The molecule has 0 amide bonds. The fourth-order valence-corrected chi connectivity index (χ4v) is 1.75. The van der Waals surface area contributed by atoms with Gasteiger partial charge in [0.1, 0.15) is 0 Å². The molecule has 3 heteroatoms. The molecule has 1 rings (SSSR count). The first-order chi connectivity index (χ1) is 6.38. The second-order valence-corrected chi connectivity index (χ2v) is 3.44. The molecule has 2 nitrogen and oxygen atoms in total. The molecule has 0 aliphatic heterocycles. The van der Waals surface area contributed by atoms with Gasteiger partial charge in [0.25, 0.3) is 0 Å². The van der Waals surface area contributed by atoms with E-state index >= 15 is 0 Å². The Balaban J connectivity index is 2.52.